The van der Waals surface area contributed by atoms with Gasteiger partial charge in [0.05, 0.1) is 24.1 Å². The molecule has 1 aliphatic carbocycles. The lowest BCUT2D eigenvalue weighted by atomic mass is 9.88. The van der Waals surface area contributed by atoms with Gasteiger partial charge in [-0.15, -0.1) is 11.3 Å². The van der Waals surface area contributed by atoms with Crippen molar-refractivity contribution in [2.75, 3.05) is 24.2 Å². The Kier molecular flexibility index (Phi) is 8.53. The minimum absolute atomic E-state index is 0.0577. The van der Waals surface area contributed by atoms with E-state index in [4.69, 9.17) is 4.74 Å². The van der Waals surface area contributed by atoms with Crippen molar-refractivity contribution in [3.63, 3.8) is 0 Å². The number of aryl methyl sites for hydroxylation is 1. The molecule has 0 unspecified atom stereocenters. The predicted octanol–water partition coefficient (Wildman–Crippen LogP) is 4.35. The van der Waals surface area contributed by atoms with Crippen molar-refractivity contribution in [1.82, 2.24) is 14.7 Å². The van der Waals surface area contributed by atoms with Gasteiger partial charge in [0.25, 0.3) is 5.91 Å². The molecule has 37 heavy (non-hydrogen) atoms. The van der Waals surface area contributed by atoms with E-state index < -0.39 is 5.97 Å². The summed E-state index contributed by atoms with van der Waals surface area (Å²) in [5.74, 6) is -0.0113. The van der Waals surface area contributed by atoms with Crippen molar-refractivity contribution in [2.45, 2.75) is 47.0 Å². The van der Waals surface area contributed by atoms with Crippen LogP contribution in [0.2, 0.25) is 0 Å². The van der Waals surface area contributed by atoms with E-state index in [2.05, 4.69) is 22.3 Å². The summed E-state index contributed by atoms with van der Waals surface area (Å²) in [6.07, 6.45) is 7.90. The van der Waals surface area contributed by atoms with Crippen LogP contribution in [0.1, 0.15) is 60.5 Å². The Morgan fingerprint density at radius 1 is 1.38 bits per heavy atom. The number of amides is 2. The van der Waals surface area contributed by atoms with Gasteiger partial charge in [-0.2, -0.15) is 5.10 Å². The predicted molar refractivity (Wildman–Crippen MR) is 148 cm³/mol. The molecule has 4 rings (SSSR count). The van der Waals surface area contributed by atoms with Crippen LogP contribution in [0.3, 0.4) is 0 Å². The second-order valence-electron chi connectivity index (χ2n) is 9.79. The van der Waals surface area contributed by atoms with E-state index in [1.807, 2.05) is 27.1 Å². The van der Waals surface area contributed by atoms with Gasteiger partial charge >= 0.3 is 5.97 Å². The number of nitrogens with one attached hydrogen (secondary N) is 1. The SMILES string of the molecule is CCOC(=O)c1c(NC(=O)CSC2=N/C(=C/c3cnn(C)c3)C(=O)N2CC(C)C)sc2c1CC[C@H](C)C2. The molecule has 198 valence electrons. The lowest BCUT2D eigenvalue weighted by Gasteiger charge is -2.19. The number of carbonyl (C=O) groups is 3. The van der Waals surface area contributed by atoms with Crippen molar-refractivity contribution in [2.24, 2.45) is 23.9 Å². The third-order valence-electron chi connectivity index (χ3n) is 6.06. The van der Waals surface area contributed by atoms with E-state index >= 15 is 0 Å². The Morgan fingerprint density at radius 2 is 2.16 bits per heavy atom. The van der Waals surface area contributed by atoms with Gasteiger partial charge in [-0.3, -0.25) is 19.2 Å². The van der Waals surface area contributed by atoms with Crippen molar-refractivity contribution < 1.29 is 19.1 Å². The molecule has 1 aliphatic heterocycles. The first-order valence-corrected chi connectivity index (χ1v) is 14.3. The maximum absolute atomic E-state index is 13.1. The van der Waals surface area contributed by atoms with Crippen LogP contribution in [0.15, 0.2) is 23.1 Å². The molecular formula is C26H33N5O4S2. The summed E-state index contributed by atoms with van der Waals surface area (Å²) < 4.78 is 6.97. The molecule has 11 heteroatoms. The molecule has 2 aromatic heterocycles. The van der Waals surface area contributed by atoms with Crippen molar-refractivity contribution in [3.05, 3.63) is 39.7 Å². The summed E-state index contributed by atoms with van der Waals surface area (Å²) in [5, 5.41) is 8.12. The molecule has 1 N–H and O–H groups in total. The smallest absolute Gasteiger partial charge is 0.341 e. The van der Waals surface area contributed by atoms with Gasteiger partial charge in [-0.05, 0) is 49.7 Å². The number of carbonyl (C=O) groups excluding carboxylic acids is 3. The van der Waals surface area contributed by atoms with Gasteiger partial charge in [0.1, 0.15) is 10.7 Å². The maximum Gasteiger partial charge on any atom is 0.341 e. The fourth-order valence-electron chi connectivity index (χ4n) is 4.39. The average Bonchev–Trinajstić information content (AvgIpc) is 3.48. The number of aliphatic imine (C=N–C) groups is 1. The lowest BCUT2D eigenvalue weighted by molar-refractivity contribution is -0.123. The zero-order valence-corrected chi connectivity index (χ0v) is 23.5. The first kappa shape index (κ1) is 27.1. The standard InChI is InChI=1S/C26H33N5O4S2/c1-6-35-25(34)22-18-8-7-16(4)9-20(18)37-23(22)29-21(32)14-36-26-28-19(10-17-11-27-30(5)13-17)24(33)31(26)12-15(2)3/h10-11,13,15-16H,6-9,12,14H2,1-5H3,(H,29,32)/b19-10+/t16-/m0/s1. The number of esters is 1. The lowest BCUT2D eigenvalue weighted by Crippen LogP contribution is -2.34. The molecule has 2 aromatic rings. The summed E-state index contributed by atoms with van der Waals surface area (Å²) in [6, 6.07) is 0. The second-order valence-corrected chi connectivity index (χ2v) is 11.8. The van der Waals surface area contributed by atoms with E-state index in [0.717, 1.165) is 35.3 Å². The number of amidine groups is 1. The Labute approximate surface area is 225 Å². The fourth-order valence-corrected chi connectivity index (χ4v) is 6.61. The number of nitrogens with zero attached hydrogens (tertiary/aromatic N) is 4. The third kappa shape index (κ3) is 6.32. The molecule has 2 amide bonds. The van der Waals surface area contributed by atoms with Crippen LogP contribution in [0.5, 0.6) is 0 Å². The number of hydrogen-bond acceptors (Lipinski definition) is 8. The first-order chi connectivity index (χ1) is 17.7. The number of thiophene rings is 1. The van der Waals surface area contributed by atoms with E-state index in [-0.39, 0.29) is 30.1 Å². The molecule has 0 radical (unpaired) electrons. The van der Waals surface area contributed by atoms with Gasteiger partial charge in [-0.25, -0.2) is 9.79 Å². The molecule has 0 aromatic carbocycles. The van der Waals surface area contributed by atoms with E-state index in [9.17, 15) is 14.4 Å². The Morgan fingerprint density at radius 3 is 2.84 bits per heavy atom. The number of ether oxygens (including phenoxy) is 1. The Balaban J connectivity index is 1.50. The van der Waals surface area contributed by atoms with E-state index in [1.165, 1.54) is 23.1 Å². The number of hydrogen-bond donors (Lipinski definition) is 1. The van der Waals surface area contributed by atoms with E-state index in [0.29, 0.717) is 33.9 Å². The summed E-state index contributed by atoms with van der Waals surface area (Å²) in [5.41, 5.74) is 2.60. The molecule has 1 atom stereocenters. The molecule has 2 aliphatic rings. The molecule has 9 nitrogen and oxygen atoms in total. The van der Waals surface area contributed by atoms with Crippen LogP contribution < -0.4 is 5.32 Å². The van der Waals surface area contributed by atoms with Crippen LogP contribution in [0.4, 0.5) is 5.00 Å². The van der Waals surface area contributed by atoms with Gasteiger partial charge in [0.2, 0.25) is 5.91 Å². The molecule has 0 spiro atoms. The number of aromatic nitrogens is 2. The van der Waals surface area contributed by atoms with Crippen molar-refractivity contribution >= 4 is 57.1 Å². The number of anilines is 1. The Hall–Kier alpha value is -2.92. The summed E-state index contributed by atoms with van der Waals surface area (Å²) in [6.45, 7) is 8.81. The van der Waals surface area contributed by atoms with Gasteiger partial charge in [-0.1, -0.05) is 32.5 Å². The summed E-state index contributed by atoms with van der Waals surface area (Å²) in [7, 11) is 1.81. The fraction of sp³-hybridized carbons (Fsp3) is 0.500. The largest absolute Gasteiger partial charge is 0.462 e. The molecular weight excluding hydrogens is 510 g/mol. The average molecular weight is 544 g/mol. The number of thioether (sulfide) groups is 1. The van der Waals surface area contributed by atoms with Gasteiger partial charge in [0.15, 0.2) is 5.17 Å². The topological polar surface area (TPSA) is 106 Å². The number of rotatable bonds is 8. The monoisotopic (exact) mass is 543 g/mol. The van der Waals surface area contributed by atoms with Crippen LogP contribution in [0, 0.1) is 11.8 Å². The maximum atomic E-state index is 13.1. The van der Waals surface area contributed by atoms with Gasteiger partial charge in [0, 0.05) is 30.2 Å². The van der Waals surface area contributed by atoms with Crippen molar-refractivity contribution in [3.8, 4) is 0 Å². The highest BCUT2D eigenvalue weighted by atomic mass is 32.2. The summed E-state index contributed by atoms with van der Waals surface area (Å²) in [4.78, 5) is 46.1. The third-order valence-corrected chi connectivity index (χ3v) is 8.21. The van der Waals surface area contributed by atoms with Crippen LogP contribution >= 0.6 is 23.1 Å². The molecule has 0 fully saturated rings. The molecule has 0 bridgehead atoms. The molecule has 3 heterocycles. The highest BCUT2D eigenvalue weighted by molar-refractivity contribution is 8.14. The highest BCUT2D eigenvalue weighted by Crippen LogP contribution is 2.40. The zero-order valence-electron chi connectivity index (χ0n) is 21.9. The minimum Gasteiger partial charge on any atom is -0.462 e. The number of fused-ring (bicyclic) bond motifs is 1. The molecule has 0 saturated carbocycles. The zero-order chi connectivity index (χ0) is 26.7. The van der Waals surface area contributed by atoms with Crippen LogP contribution in [0.25, 0.3) is 6.08 Å². The Bertz CT molecular complexity index is 1260. The minimum atomic E-state index is -0.392. The van der Waals surface area contributed by atoms with Gasteiger partial charge < -0.3 is 10.1 Å². The normalized spacial score (nSPS) is 18.4. The summed E-state index contributed by atoms with van der Waals surface area (Å²) >= 11 is 2.68. The second kappa shape index (κ2) is 11.6. The van der Waals surface area contributed by atoms with E-state index in [1.54, 1.807) is 28.8 Å². The van der Waals surface area contributed by atoms with Crippen LogP contribution in [-0.2, 0) is 34.2 Å². The van der Waals surface area contributed by atoms with Crippen LogP contribution in [-0.4, -0.2) is 56.5 Å². The quantitative estimate of drug-likeness (QED) is 0.392. The highest BCUT2D eigenvalue weighted by Gasteiger charge is 2.32. The van der Waals surface area contributed by atoms with Crippen molar-refractivity contribution in [1.29, 1.82) is 0 Å². The molecule has 0 saturated heterocycles. The first-order valence-electron chi connectivity index (χ1n) is 12.5.